The zero-order valence-electron chi connectivity index (χ0n) is 7.48. The third kappa shape index (κ3) is 1.26. The minimum Gasteiger partial charge on any atom is -0.0802 e. The van der Waals surface area contributed by atoms with Gasteiger partial charge in [0, 0.05) is 0 Å². The molecule has 0 N–H and O–H groups in total. The van der Waals surface area contributed by atoms with E-state index in [1.54, 1.807) is 11.1 Å². The fourth-order valence-corrected chi connectivity index (χ4v) is 2.11. The van der Waals surface area contributed by atoms with Crippen LogP contribution < -0.4 is 0 Å². The number of hydrogen-bond donors (Lipinski definition) is 0. The van der Waals surface area contributed by atoms with Gasteiger partial charge in [0.15, 0.2) is 0 Å². The van der Waals surface area contributed by atoms with Gasteiger partial charge in [-0.05, 0) is 42.2 Å². The van der Waals surface area contributed by atoms with Crippen molar-refractivity contribution in [1.29, 1.82) is 0 Å². The molecule has 1 fully saturated rings. The van der Waals surface area contributed by atoms with Crippen molar-refractivity contribution in [2.75, 3.05) is 0 Å². The zero-order chi connectivity index (χ0) is 7.90. The molecular weight excluding hydrogens is 132 g/mol. The van der Waals surface area contributed by atoms with Crippen LogP contribution in [0.25, 0.3) is 0 Å². The first-order valence-corrected chi connectivity index (χ1v) is 4.58. The maximum Gasteiger partial charge on any atom is -0.0134 e. The fourth-order valence-electron chi connectivity index (χ4n) is 2.11. The van der Waals surface area contributed by atoms with Gasteiger partial charge in [-0.2, -0.15) is 0 Å². The summed E-state index contributed by atoms with van der Waals surface area (Å²) in [7, 11) is 0. The normalized spacial score (nSPS) is 27.5. The van der Waals surface area contributed by atoms with Crippen LogP contribution in [0, 0.1) is 5.41 Å². The van der Waals surface area contributed by atoms with Gasteiger partial charge >= 0.3 is 0 Å². The van der Waals surface area contributed by atoms with E-state index in [0.717, 1.165) is 0 Å². The van der Waals surface area contributed by atoms with E-state index in [0.29, 0.717) is 5.41 Å². The summed E-state index contributed by atoms with van der Waals surface area (Å²) in [6.07, 6.45) is 10.2. The molecule has 0 bridgehead atoms. The molecule has 0 unspecified atom stereocenters. The molecule has 0 atom stereocenters. The van der Waals surface area contributed by atoms with Crippen LogP contribution in [0.2, 0.25) is 0 Å². The van der Waals surface area contributed by atoms with Crippen LogP contribution in [0.3, 0.4) is 0 Å². The van der Waals surface area contributed by atoms with Crippen LogP contribution in [-0.2, 0) is 0 Å². The Hall–Kier alpha value is -0.520. The molecule has 0 spiro atoms. The summed E-state index contributed by atoms with van der Waals surface area (Å²) < 4.78 is 0. The van der Waals surface area contributed by atoms with Crippen LogP contribution in [0.5, 0.6) is 0 Å². The van der Waals surface area contributed by atoms with Gasteiger partial charge < -0.3 is 0 Å². The van der Waals surface area contributed by atoms with Crippen molar-refractivity contribution >= 4 is 0 Å². The van der Waals surface area contributed by atoms with Crippen molar-refractivity contribution in [3.63, 3.8) is 0 Å². The number of hydrogen-bond acceptors (Lipinski definition) is 0. The maximum atomic E-state index is 2.48. The Morgan fingerprint density at radius 1 is 1.18 bits per heavy atom. The number of allylic oxidation sites excluding steroid dienone is 4. The highest BCUT2D eigenvalue weighted by atomic mass is 14.3. The van der Waals surface area contributed by atoms with E-state index in [2.05, 4.69) is 26.0 Å². The van der Waals surface area contributed by atoms with Gasteiger partial charge in [-0.3, -0.25) is 0 Å². The van der Waals surface area contributed by atoms with E-state index in [9.17, 15) is 0 Å². The van der Waals surface area contributed by atoms with Crippen molar-refractivity contribution in [3.8, 4) is 0 Å². The van der Waals surface area contributed by atoms with E-state index in [1.165, 1.54) is 25.7 Å². The Morgan fingerprint density at radius 3 is 2.73 bits per heavy atom. The predicted molar refractivity (Wildman–Crippen MR) is 48.4 cm³/mol. The van der Waals surface area contributed by atoms with Gasteiger partial charge in [0.25, 0.3) is 0 Å². The van der Waals surface area contributed by atoms with Crippen LogP contribution in [0.1, 0.15) is 39.5 Å². The molecule has 0 aromatic rings. The van der Waals surface area contributed by atoms with Crippen LogP contribution in [0.15, 0.2) is 23.3 Å². The first-order valence-electron chi connectivity index (χ1n) is 4.58. The Balaban J connectivity index is 2.31. The van der Waals surface area contributed by atoms with E-state index in [4.69, 9.17) is 0 Å². The van der Waals surface area contributed by atoms with Crippen molar-refractivity contribution < 1.29 is 0 Å². The molecule has 0 saturated heterocycles. The molecule has 0 nitrogen and oxygen atoms in total. The molecule has 0 heterocycles. The summed E-state index contributed by atoms with van der Waals surface area (Å²) in [5.41, 5.74) is 3.72. The van der Waals surface area contributed by atoms with Crippen molar-refractivity contribution in [2.45, 2.75) is 39.5 Å². The molecule has 0 radical (unpaired) electrons. The first-order chi connectivity index (χ1) is 5.17. The molecule has 2 aliphatic rings. The molecule has 0 amide bonds. The van der Waals surface area contributed by atoms with Gasteiger partial charge in [-0.25, -0.2) is 0 Å². The molecular formula is C11H16. The molecule has 11 heavy (non-hydrogen) atoms. The minimum absolute atomic E-state index is 0.434. The Morgan fingerprint density at radius 2 is 1.91 bits per heavy atom. The SMILES string of the molecule is CC1(C)C=C2CCCC2=CC1. The molecule has 0 aromatic heterocycles. The van der Waals surface area contributed by atoms with Gasteiger partial charge in [-0.1, -0.05) is 26.0 Å². The highest BCUT2D eigenvalue weighted by molar-refractivity contribution is 5.39. The quantitative estimate of drug-likeness (QED) is 0.493. The second-order valence-corrected chi connectivity index (χ2v) is 4.45. The van der Waals surface area contributed by atoms with Crippen LogP contribution >= 0.6 is 0 Å². The average molecular weight is 148 g/mol. The van der Waals surface area contributed by atoms with Crippen molar-refractivity contribution in [3.05, 3.63) is 23.3 Å². The molecule has 2 rings (SSSR count). The predicted octanol–water partition coefficient (Wildman–Crippen LogP) is 3.45. The van der Waals surface area contributed by atoms with E-state index in [-0.39, 0.29) is 0 Å². The van der Waals surface area contributed by atoms with Gasteiger partial charge in [-0.15, -0.1) is 0 Å². The second kappa shape index (κ2) is 2.23. The summed E-state index contributed by atoms with van der Waals surface area (Å²) in [4.78, 5) is 0. The van der Waals surface area contributed by atoms with E-state index in [1.807, 2.05) is 0 Å². The monoisotopic (exact) mass is 148 g/mol. The standard InChI is InChI=1S/C11H16/c1-11(2)7-6-9-4-3-5-10(9)8-11/h6,8H,3-5,7H2,1-2H3. The Kier molecular flexibility index (Phi) is 1.45. The smallest absolute Gasteiger partial charge is 0.0134 e. The van der Waals surface area contributed by atoms with E-state index >= 15 is 0 Å². The zero-order valence-corrected chi connectivity index (χ0v) is 7.48. The summed E-state index contributed by atoms with van der Waals surface area (Å²) in [6, 6.07) is 0. The molecule has 0 heteroatoms. The molecule has 60 valence electrons. The lowest BCUT2D eigenvalue weighted by Gasteiger charge is -2.24. The lowest BCUT2D eigenvalue weighted by atomic mass is 9.81. The summed E-state index contributed by atoms with van der Waals surface area (Å²) in [5, 5.41) is 0. The second-order valence-electron chi connectivity index (χ2n) is 4.45. The van der Waals surface area contributed by atoms with E-state index < -0.39 is 0 Å². The topological polar surface area (TPSA) is 0 Å². The summed E-state index contributed by atoms with van der Waals surface area (Å²) in [5.74, 6) is 0. The maximum absolute atomic E-state index is 2.48. The molecule has 0 aromatic carbocycles. The number of fused-ring (bicyclic) bond motifs is 1. The first kappa shape index (κ1) is 7.15. The number of rotatable bonds is 0. The molecule has 2 aliphatic carbocycles. The lowest BCUT2D eigenvalue weighted by Crippen LogP contribution is -2.10. The largest absolute Gasteiger partial charge is 0.0802 e. The van der Waals surface area contributed by atoms with Crippen molar-refractivity contribution in [2.24, 2.45) is 5.41 Å². The van der Waals surface area contributed by atoms with Crippen LogP contribution in [0.4, 0.5) is 0 Å². The highest BCUT2D eigenvalue weighted by Crippen LogP contribution is 2.40. The third-order valence-corrected chi connectivity index (χ3v) is 2.74. The van der Waals surface area contributed by atoms with Crippen molar-refractivity contribution in [1.82, 2.24) is 0 Å². The Bertz CT molecular complexity index is 228. The molecule has 0 aliphatic heterocycles. The van der Waals surface area contributed by atoms with Gasteiger partial charge in [0.1, 0.15) is 0 Å². The fraction of sp³-hybridized carbons (Fsp3) is 0.636. The minimum atomic E-state index is 0.434. The third-order valence-electron chi connectivity index (χ3n) is 2.74. The average Bonchev–Trinajstić information content (AvgIpc) is 2.31. The highest BCUT2D eigenvalue weighted by Gasteiger charge is 2.23. The van der Waals surface area contributed by atoms with Gasteiger partial charge in [0.2, 0.25) is 0 Å². The van der Waals surface area contributed by atoms with Gasteiger partial charge in [0.05, 0.1) is 0 Å². The summed E-state index contributed by atoms with van der Waals surface area (Å²) >= 11 is 0. The van der Waals surface area contributed by atoms with Crippen LogP contribution in [-0.4, -0.2) is 0 Å². The molecule has 1 saturated carbocycles. The lowest BCUT2D eigenvalue weighted by molar-refractivity contribution is 0.478. The Labute approximate surface area is 69.0 Å². The summed E-state index contributed by atoms with van der Waals surface area (Å²) in [6.45, 7) is 4.65.